The first kappa shape index (κ1) is 15.4. The molecule has 1 N–H and O–H groups in total. The van der Waals surface area contributed by atoms with Crippen LogP contribution in [-0.4, -0.2) is 15.9 Å². The van der Waals surface area contributed by atoms with Crippen molar-refractivity contribution >= 4 is 56.6 Å². The lowest BCUT2D eigenvalue weighted by molar-refractivity contribution is -0.123. The third kappa shape index (κ3) is 2.99. The second kappa shape index (κ2) is 6.32. The topological polar surface area (TPSA) is 32.3 Å². The molecule has 1 amide bonds. The number of carbonyl (C=O) groups excluding carboxylic acids is 1. The van der Waals surface area contributed by atoms with Gasteiger partial charge in [-0.3, -0.25) is 9.69 Å². The van der Waals surface area contributed by atoms with Gasteiger partial charge in [0.05, 0.1) is 6.04 Å². The predicted molar refractivity (Wildman–Crippen MR) is 97.4 cm³/mol. The quantitative estimate of drug-likeness (QED) is 0.623. The van der Waals surface area contributed by atoms with Gasteiger partial charge in [-0.1, -0.05) is 30.3 Å². The number of halogens is 1. The molecule has 1 unspecified atom stereocenters. The van der Waals surface area contributed by atoms with Gasteiger partial charge in [-0.05, 0) is 52.8 Å². The highest BCUT2D eigenvalue weighted by molar-refractivity contribution is 9.10. The van der Waals surface area contributed by atoms with Crippen LogP contribution in [0.5, 0.6) is 0 Å². The Bertz CT molecular complexity index is 755. The van der Waals surface area contributed by atoms with Gasteiger partial charge in [0, 0.05) is 14.7 Å². The van der Waals surface area contributed by atoms with Crippen molar-refractivity contribution in [3.63, 3.8) is 0 Å². The first-order valence-corrected chi connectivity index (χ1v) is 8.79. The predicted octanol–water partition coefficient (Wildman–Crippen LogP) is 4.33. The summed E-state index contributed by atoms with van der Waals surface area (Å²) in [5, 5.41) is 5.45. The van der Waals surface area contributed by atoms with E-state index in [2.05, 4.69) is 21.2 Å². The van der Waals surface area contributed by atoms with Crippen molar-refractivity contribution in [1.82, 2.24) is 10.2 Å². The summed E-state index contributed by atoms with van der Waals surface area (Å²) in [4.78, 5) is 15.3. The Morgan fingerprint density at radius 3 is 2.73 bits per heavy atom. The molecular formula is C16H13BrN2OS2. The summed E-state index contributed by atoms with van der Waals surface area (Å²) < 4.78 is 1.01. The van der Waals surface area contributed by atoms with Crippen LogP contribution in [0.3, 0.4) is 0 Å². The molecule has 112 valence electrons. The standard InChI is InChI=1S/C16H13BrN2OS2/c1-10(11-5-3-2-4-6-11)19-15(20)14(18-16(19)21)8-13-7-12(17)9-22-13/h2-10H,1H3,(H,18,21)/b14-8-. The summed E-state index contributed by atoms with van der Waals surface area (Å²) in [7, 11) is 0. The van der Waals surface area contributed by atoms with Crippen LogP contribution in [0.15, 0.2) is 51.9 Å². The summed E-state index contributed by atoms with van der Waals surface area (Å²) in [5.74, 6) is -0.0918. The number of amides is 1. The molecule has 1 fully saturated rings. The number of rotatable bonds is 3. The molecule has 2 aromatic rings. The van der Waals surface area contributed by atoms with E-state index in [9.17, 15) is 4.79 Å². The molecule has 1 aliphatic heterocycles. The van der Waals surface area contributed by atoms with Gasteiger partial charge in [-0.2, -0.15) is 0 Å². The van der Waals surface area contributed by atoms with Crippen molar-refractivity contribution in [2.75, 3.05) is 0 Å². The number of thiocarbonyl (C=S) groups is 1. The Morgan fingerprint density at radius 2 is 2.09 bits per heavy atom. The van der Waals surface area contributed by atoms with Gasteiger partial charge in [-0.15, -0.1) is 11.3 Å². The molecule has 0 aliphatic carbocycles. The van der Waals surface area contributed by atoms with Crippen LogP contribution in [0.1, 0.15) is 23.4 Å². The average Bonchev–Trinajstić information content (AvgIpc) is 3.03. The third-order valence-corrected chi connectivity index (χ3v) is 5.39. The fourth-order valence-electron chi connectivity index (χ4n) is 2.33. The zero-order valence-electron chi connectivity index (χ0n) is 11.7. The zero-order chi connectivity index (χ0) is 15.7. The molecular weight excluding hydrogens is 380 g/mol. The molecule has 3 nitrogen and oxygen atoms in total. The molecule has 22 heavy (non-hydrogen) atoms. The number of nitrogens with one attached hydrogen (secondary N) is 1. The second-order valence-corrected chi connectivity index (χ2v) is 7.16. The second-order valence-electron chi connectivity index (χ2n) is 4.92. The first-order chi connectivity index (χ1) is 10.6. The number of nitrogens with zero attached hydrogens (tertiary/aromatic N) is 1. The number of hydrogen-bond donors (Lipinski definition) is 1. The van der Waals surface area contributed by atoms with Crippen LogP contribution in [0.25, 0.3) is 6.08 Å². The zero-order valence-corrected chi connectivity index (χ0v) is 15.0. The molecule has 0 radical (unpaired) electrons. The van der Waals surface area contributed by atoms with Crippen LogP contribution >= 0.6 is 39.5 Å². The minimum absolute atomic E-state index is 0.0918. The van der Waals surface area contributed by atoms with E-state index in [4.69, 9.17) is 12.2 Å². The van der Waals surface area contributed by atoms with E-state index in [1.165, 1.54) is 0 Å². The molecule has 1 aromatic carbocycles. The molecule has 0 saturated carbocycles. The van der Waals surface area contributed by atoms with E-state index in [1.807, 2.05) is 54.8 Å². The van der Waals surface area contributed by atoms with Gasteiger partial charge in [0.25, 0.3) is 5.91 Å². The Hall–Kier alpha value is -1.50. The van der Waals surface area contributed by atoms with Crippen molar-refractivity contribution in [2.24, 2.45) is 0 Å². The van der Waals surface area contributed by atoms with E-state index in [0.29, 0.717) is 10.8 Å². The number of thiophene rings is 1. The summed E-state index contributed by atoms with van der Waals surface area (Å²) in [6.45, 7) is 1.98. The average molecular weight is 393 g/mol. The molecule has 1 saturated heterocycles. The van der Waals surface area contributed by atoms with Gasteiger partial charge in [0.1, 0.15) is 5.70 Å². The molecule has 1 atom stereocenters. The SMILES string of the molecule is CC(c1ccccc1)N1C(=O)/C(=C/c2cc(Br)cs2)NC1=S. The summed E-state index contributed by atoms with van der Waals surface area (Å²) in [5.41, 5.74) is 1.57. The minimum atomic E-state index is -0.102. The van der Waals surface area contributed by atoms with Gasteiger partial charge >= 0.3 is 0 Å². The smallest absolute Gasteiger partial charge is 0.277 e. The van der Waals surface area contributed by atoms with Gasteiger partial charge in [0.15, 0.2) is 5.11 Å². The van der Waals surface area contributed by atoms with Crippen LogP contribution in [-0.2, 0) is 4.79 Å². The fourth-order valence-corrected chi connectivity index (χ4v) is 4.05. The Balaban J connectivity index is 1.87. The Kier molecular flexibility index (Phi) is 4.42. The molecule has 0 bridgehead atoms. The molecule has 1 aromatic heterocycles. The molecule has 3 rings (SSSR count). The normalized spacial score (nSPS) is 17.9. The monoisotopic (exact) mass is 392 g/mol. The van der Waals surface area contributed by atoms with Crippen molar-refractivity contribution in [3.05, 3.63) is 62.4 Å². The van der Waals surface area contributed by atoms with Gasteiger partial charge in [0.2, 0.25) is 0 Å². The lowest BCUT2D eigenvalue weighted by Crippen LogP contribution is -2.33. The Morgan fingerprint density at radius 1 is 1.36 bits per heavy atom. The lowest BCUT2D eigenvalue weighted by atomic mass is 10.1. The van der Waals surface area contributed by atoms with E-state index in [-0.39, 0.29) is 11.9 Å². The van der Waals surface area contributed by atoms with Crippen LogP contribution in [0.4, 0.5) is 0 Å². The highest BCUT2D eigenvalue weighted by Crippen LogP contribution is 2.28. The highest BCUT2D eigenvalue weighted by Gasteiger charge is 2.34. The van der Waals surface area contributed by atoms with E-state index >= 15 is 0 Å². The highest BCUT2D eigenvalue weighted by atomic mass is 79.9. The maximum absolute atomic E-state index is 12.6. The van der Waals surface area contributed by atoms with Gasteiger partial charge < -0.3 is 5.32 Å². The van der Waals surface area contributed by atoms with E-state index in [0.717, 1.165) is 14.9 Å². The molecule has 6 heteroatoms. The van der Waals surface area contributed by atoms with E-state index in [1.54, 1.807) is 16.2 Å². The van der Waals surface area contributed by atoms with Crippen LogP contribution in [0, 0.1) is 0 Å². The van der Waals surface area contributed by atoms with Gasteiger partial charge in [-0.25, -0.2) is 0 Å². The number of benzene rings is 1. The molecule has 0 spiro atoms. The summed E-state index contributed by atoms with van der Waals surface area (Å²) in [6, 6.07) is 11.7. The maximum atomic E-state index is 12.6. The Labute approximate surface area is 146 Å². The summed E-state index contributed by atoms with van der Waals surface area (Å²) in [6.07, 6.45) is 1.84. The number of hydrogen-bond acceptors (Lipinski definition) is 3. The van der Waals surface area contributed by atoms with Crippen LogP contribution in [0.2, 0.25) is 0 Å². The lowest BCUT2D eigenvalue weighted by Gasteiger charge is -2.23. The fraction of sp³-hybridized carbons (Fsp3) is 0.125. The molecule has 1 aliphatic rings. The largest absolute Gasteiger partial charge is 0.328 e. The summed E-state index contributed by atoms with van der Waals surface area (Å²) >= 11 is 10.3. The minimum Gasteiger partial charge on any atom is -0.328 e. The van der Waals surface area contributed by atoms with Crippen LogP contribution < -0.4 is 5.32 Å². The van der Waals surface area contributed by atoms with Crippen molar-refractivity contribution in [1.29, 1.82) is 0 Å². The first-order valence-electron chi connectivity index (χ1n) is 6.71. The number of carbonyl (C=O) groups is 1. The molecule has 2 heterocycles. The van der Waals surface area contributed by atoms with Crippen molar-refractivity contribution in [3.8, 4) is 0 Å². The van der Waals surface area contributed by atoms with Crippen molar-refractivity contribution < 1.29 is 4.79 Å². The third-order valence-electron chi connectivity index (χ3n) is 3.45. The van der Waals surface area contributed by atoms with E-state index < -0.39 is 0 Å². The maximum Gasteiger partial charge on any atom is 0.277 e. The van der Waals surface area contributed by atoms with Crippen molar-refractivity contribution in [2.45, 2.75) is 13.0 Å².